The molecule has 1 atom stereocenters. The van der Waals surface area contributed by atoms with Gasteiger partial charge in [0.05, 0.1) is 7.11 Å². The Labute approximate surface area is 140 Å². The highest BCUT2D eigenvalue weighted by atomic mass is 16.5. The first kappa shape index (κ1) is 15.7. The largest absolute Gasteiger partial charge is 0.497 e. The first-order chi connectivity index (χ1) is 11.7. The van der Waals surface area contributed by atoms with Gasteiger partial charge in [-0.15, -0.1) is 0 Å². The van der Waals surface area contributed by atoms with E-state index in [4.69, 9.17) is 4.74 Å². The fourth-order valence-electron chi connectivity index (χ4n) is 2.45. The van der Waals surface area contributed by atoms with Crippen molar-refractivity contribution in [1.29, 1.82) is 0 Å². The molecule has 0 spiro atoms. The maximum absolute atomic E-state index is 12.5. The van der Waals surface area contributed by atoms with Gasteiger partial charge in [-0.1, -0.05) is 18.2 Å². The maximum atomic E-state index is 12.5. The summed E-state index contributed by atoms with van der Waals surface area (Å²) in [6.07, 6.45) is 5.15. The maximum Gasteiger partial charge on any atom is 0.270 e. The molecule has 1 N–H and O–H groups in total. The zero-order valence-electron chi connectivity index (χ0n) is 13.5. The SMILES string of the molecule is COc1ccc(C(NC(=O)c2ccccn2)c2nccn2C)cc1. The van der Waals surface area contributed by atoms with Crippen molar-refractivity contribution >= 4 is 5.91 Å². The van der Waals surface area contributed by atoms with Crippen molar-refractivity contribution in [2.24, 2.45) is 7.05 Å². The Morgan fingerprint density at radius 3 is 2.50 bits per heavy atom. The minimum Gasteiger partial charge on any atom is -0.497 e. The molecular formula is C18H18N4O2. The number of benzene rings is 1. The van der Waals surface area contributed by atoms with Gasteiger partial charge in [0.1, 0.15) is 23.3 Å². The Morgan fingerprint density at radius 1 is 1.12 bits per heavy atom. The molecule has 2 heterocycles. The number of aryl methyl sites for hydroxylation is 1. The second kappa shape index (κ2) is 6.95. The van der Waals surface area contributed by atoms with Crippen LogP contribution in [-0.4, -0.2) is 27.6 Å². The van der Waals surface area contributed by atoms with Crippen LogP contribution in [0.3, 0.4) is 0 Å². The number of carbonyl (C=O) groups excluding carboxylic acids is 1. The van der Waals surface area contributed by atoms with E-state index < -0.39 is 0 Å². The average molecular weight is 322 g/mol. The fourth-order valence-corrected chi connectivity index (χ4v) is 2.45. The number of hydrogen-bond donors (Lipinski definition) is 1. The van der Waals surface area contributed by atoms with E-state index in [1.165, 1.54) is 0 Å². The van der Waals surface area contributed by atoms with Crippen LogP contribution in [0.2, 0.25) is 0 Å². The third-order valence-corrected chi connectivity index (χ3v) is 3.74. The Balaban J connectivity index is 1.93. The summed E-state index contributed by atoms with van der Waals surface area (Å²) in [6.45, 7) is 0. The third-order valence-electron chi connectivity index (χ3n) is 3.74. The summed E-state index contributed by atoms with van der Waals surface area (Å²) >= 11 is 0. The minimum absolute atomic E-state index is 0.251. The van der Waals surface area contributed by atoms with E-state index in [2.05, 4.69) is 15.3 Å². The highest BCUT2D eigenvalue weighted by Crippen LogP contribution is 2.23. The second-order valence-corrected chi connectivity index (χ2v) is 5.29. The van der Waals surface area contributed by atoms with Gasteiger partial charge in [-0.2, -0.15) is 0 Å². The first-order valence-electron chi connectivity index (χ1n) is 7.52. The Morgan fingerprint density at radius 2 is 1.92 bits per heavy atom. The van der Waals surface area contributed by atoms with E-state index in [0.29, 0.717) is 5.69 Å². The molecule has 1 amide bonds. The van der Waals surface area contributed by atoms with Crippen LogP contribution in [0, 0.1) is 0 Å². The predicted octanol–water partition coefficient (Wildman–Crippen LogP) is 2.34. The molecule has 0 aliphatic heterocycles. The topological polar surface area (TPSA) is 69.0 Å². The Bertz CT molecular complexity index is 813. The van der Waals surface area contributed by atoms with Crippen molar-refractivity contribution in [3.05, 3.63) is 78.1 Å². The number of methoxy groups -OCH3 is 1. The molecule has 0 saturated heterocycles. The summed E-state index contributed by atoms with van der Waals surface area (Å²) in [5.74, 6) is 1.25. The number of rotatable bonds is 5. The summed E-state index contributed by atoms with van der Waals surface area (Å²) in [4.78, 5) is 21.0. The van der Waals surface area contributed by atoms with Gasteiger partial charge in [-0.25, -0.2) is 4.98 Å². The van der Waals surface area contributed by atoms with E-state index in [0.717, 1.165) is 17.1 Å². The summed E-state index contributed by atoms with van der Waals surface area (Å²) in [6, 6.07) is 12.4. The quantitative estimate of drug-likeness (QED) is 0.783. The zero-order valence-corrected chi connectivity index (χ0v) is 13.5. The first-order valence-corrected chi connectivity index (χ1v) is 7.52. The lowest BCUT2D eigenvalue weighted by Gasteiger charge is -2.19. The molecule has 122 valence electrons. The number of amides is 1. The highest BCUT2D eigenvalue weighted by Gasteiger charge is 2.21. The van der Waals surface area contributed by atoms with Crippen molar-refractivity contribution in [3.8, 4) is 5.75 Å². The summed E-state index contributed by atoms with van der Waals surface area (Å²) in [5, 5.41) is 3.00. The van der Waals surface area contributed by atoms with Crippen LogP contribution in [0.25, 0.3) is 0 Å². The molecule has 0 aliphatic rings. The monoisotopic (exact) mass is 322 g/mol. The normalized spacial score (nSPS) is 11.8. The molecule has 0 aliphatic carbocycles. The van der Waals surface area contributed by atoms with Gasteiger partial charge in [0.2, 0.25) is 0 Å². The van der Waals surface area contributed by atoms with Crippen LogP contribution >= 0.6 is 0 Å². The number of nitrogens with one attached hydrogen (secondary N) is 1. The number of nitrogens with zero attached hydrogens (tertiary/aromatic N) is 3. The lowest BCUT2D eigenvalue weighted by atomic mass is 10.1. The Kier molecular flexibility index (Phi) is 4.56. The van der Waals surface area contributed by atoms with Gasteiger partial charge >= 0.3 is 0 Å². The van der Waals surface area contributed by atoms with Gasteiger partial charge in [-0.05, 0) is 29.8 Å². The van der Waals surface area contributed by atoms with Gasteiger partial charge in [0.25, 0.3) is 5.91 Å². The number of imidazole rings is 1. The van der Waals surface area contributed by atoms with Crippen molar-refractivity contribution in [2.75, 3.05) is 7.11 Å². The van der Waals surface area contributed by atoms with Crippen LogP contribution in [0.15, 0.2) is 61.1 Å². The smallest absolute Gasteiger partial charge is 0.270 e. The molecule has 24 heavy (non-hydrogen) atoms. The number of carbonyl (C=O) groups is 1. The number of hydrogen-bond acceptors (Lipinski definition) is 4. The van der Waals surface area contributed by atoms with E-state index in [1.54, 1.807) is 37.7 Å². The van der Waals surface area contributed by atoms with Crippen molar-refractivity contribution in [2.45, 2.75) is 6.04 Å². The molecule has 0 bridgehead atoms. The molecule has 3 rings (SSSR count). The zero-order chi connectivity index (χ0) is 16.9. The Hall–Kier alpha value is -3.15. The highest BCUT2D eigenvalue weighted by molar-refractivity contribution is 5.92. The van der Waals surface area contributed by atoms with Crippen LogP contribution in [0.5, 0.6) is 5.75 Å². The molecule has 1 unspecified atom stereocenters. The molecular weight excluding hydrogens is 304 g/mol. The van der Waals surface area contributed by atoms with Gasteiger partial charge in [0, 0.05) is 25.6 Å². The minimum atomic E-state index is -0.384. The lowest BCUT2D eigenvalue weighted by Crippen LogP contribution is -2.31. The number of pyridine rings is 1. The van der Waals surface area contributed by atoms with E-state index in [9.17, 15) is 4.79 Å². The summed E-state index contributed by atoms with van der Waals surface area (Å²) in [7, 11) is 3.51. The van der Waals surface area contributed by atoms with Gasteiger partial charge < -0.3 is 14.6 Å². The molecule has 2 aromatic heterocycles. The van der Waals surface area contributed by atoms with Crippen LogP contribution in [-0.2, 0) is 7.05 Å². The van der Waals surface area contributed by atoms with Crippen molar-refractivity contribution in [1.82, 2.24) is 19.9 Å². The number of ether oxygens (including phenoxy) is 1. The third kappa shape index (κ3) is 3.27. The number of aromatic nitrogens is 3. The van der Waals surface area contributed by atoms with Crippen LogP contribution < -0.4 is 10.1 Å². The molecule has 1 aromatic carbocycles. The fraction of sp³-hybridized carbons (Fsp3) is 0.167. The molecule has 6 nitrogen and oxygen atoms in total. The second-order valence-electron chi connectivity index (χ2n) is 5.29. The summed E-state index contributed by atoms with van der Waals surface area (Å²) < 4.78 is 7.08. The predicted molar refractivity (Wildman–Crippen MR) is 89.7 cm³/mol. The standard InChI is InChI=1S/C18H18N4O2/c1-22-12-11-20-17(22)16(13-6-8-14(24-2)9-7-13)21-18(23)15-5-3-4-10-19-15/h3-12,16H,1-2H3,(H,21,23). The average Bonchev–Trinajstić information content (AvgIpc) is 3.06. The van der Waals surface area contributed by atoms with E-state index >= 15 is 0 Å². The molecule has 0 radical (unpaired) electrons. The van der Waals surface area contributed by atoms with Crippen molar-refractivity contribution < 1.29 is 9.53 Å². The van der Waals surface area contributed by atoms with Gasteiger partial charge in [-0.3, -0.25) is 9.78 Å². The van der Waals surface area contributed by atoms with E-state index in [-0.39, 0.29) is 11.9 Å². The molecule has 0 saturated carbocycles. The molecule has 0 fully saturated rings. The lowest BCUT2D eigenvalue weighted by molar-refractivity contribution is 0.0936. The van der Waals surface area contributed by atoms with Crippen molar-refractivity contribution in [3.63, 3.8) is 0 Å². The molecule has 6 heteroatoms. The van der Waals surface area contributed by atoms with E-state index in [1.807, 2.05) is 42.1 Å². The van der Waals surface area contributed by atoms with Crippen LogP contribution in [0.1, 0.15) is 27.9 Å². The molecule has 3 aromatic rings. The summed E-state index contributed by atoms with van der Waals surface area (Å²) in [5.41, 5.74) is 1.28. The van der Waals surface area contributed by atoms with Crippen LogP contribution in [0.4, 0.5) is 0 Å². The van der Waals surface area contributed by atoms with Gasteiger partial charge in [0.15, 0.2) is 0 Å².